The lowest BCUT2D eigenvalue weighted by atomic mass is 9.99. The first-order valence-electron chi connectivity index (χ1n) is 7.07. The summed E-state index contributed by atoms with van der Waals surface area (Å²) in [5.74, 6) is 0.708. The minimum Gasteiger partial charge on any atom is -0.383 e. The summed E-state index contributed by atoms with van der Waals surface area (Å²) in [6.07, 6.45) is 2.42. The van der Waals surface area contributed by atoms with Crippen molar-refractivity contribution in [2.24, 2.45) is 11.8 Å². The van der Waals surface area contributed by atoms with Gasteiger partial charge in [0.25, 0.3) is 10.0 Å². The maximum atomic E-state index is 12.3. The molecule has 0 aromatic carbocycles. The lowest BCUT2D eigenvalue weighted by Gasteiger charge is -2.17. The average molecular weight is 299 g/mol. The van der Waals surface area contributed by atoms with E-state index >= 15 is 0 Å². The van der Waals surface area contributed by atoms with Crippen molar-refractivity contribution in [3.8, 4) is 0 Å². The third-order valence-electron chi connectivity index (χ3n) is 3.32. The predicted molar refractivity (Wildman–Crippen MR) is 82.2 cm³/mol. The summed E-state index contributed by atoms with van der Waals surface area (Å²) >= 11 is 0. The molecule has 0 saturated carbocycles. The second kappa shape index (κ2) is 7.59. The van der Waals surface area contributed by atoms with Gasteiger partial charge in [-0.3, -0.25) is 0 Å². The molecule has 2 N–H and O–H groups in total. The van der Waals surface area contributed by atoms with Crippen LogP contribution < -0.4 is 10.0 Å². The van der Waals surface area contributed by atoms with Crippen LogP contribution in [0.15, 0.2) is 23.4 Å². The molecule has 6 heteroatoms. The van der Waals surface area contributed by atoms with Gasteiger partial charge in [-0.15, -0.1) is 0 Å². The van der Waals surface area contributed by atoms with Crippen LogP contribution in [0.2, 0.25) is 0 Å². The summed E-state index contributed by atoms with van der Waals surface area (Å²) in [6.45, 7) is 9.35. The second-order valence-electron chi connectivity index (χ2n) is 5.36. The van der Waals surface area contributed by atoms with Crippen molar-refractivity contribution >= 4 is 15.7 Å². The van der Waals surface area contributed by atoms with Crippen molar-refractivity contribution in [1.82, 2.24) is 9.71 Å². The quantitative estimate of drug-likeness (QED) is 0.773. The Kier molecular flexibility index (Phi) is 6.42. The van der Waals surface area contributed by atoms with Gasteiger partial charge in [0.15, 0.2) is 5.03 Å². The minimum atomic E-state index is -3.57. The molecule has 0 bridgehead atoms. The van der Waals surface area contributed by atoms with Gasteiger partial charge < -0.3 is 5.32 Å². The van der Waals surface area contributed by atoms with Crippen molar-refractivity contribution in [1.29, 1.82) is 0 Å². The van der Waals surface area contributed by atoms with Gasteiger partial charge in [-0.25, -0.2) is 18.1 Å². The van der Waals surface area contributed by atoms with Gasteiger partial charge in [0.2, 0.25) is 0 Å². The molecule has 20 heavy (non-hydrogen) atoms. The Hall–Kier alpha value is -1.14. The van der Waals surface area contributed by atoms with Crippen LogP contribution in [0.3, 0.4) is 0 Å². The predicted octanol–water partition coefficient (Wildman–Crippen LogP) is 2.47. The standard InChI is InChI=1S/C14H25N3O2S/c1-5-8-15-13-7-6-9-16-14(13)20(18,19)17-10-12(4)11(2)3/h6-7,9,11-12,15,17H,5,8,10H2,1-4H3. The number of hydrogen-bond acceptors (Lipinski definition) is 4. The largest absolute Gasteiger partial charge is 0.383 e. The van der Waals surface area contributed by atoms with Crippen LogP contribution in [0.4, 0.5) is 5.69 Å². The van der Waals surface area contributed by atoms with Crippen LogP contribution in [0.25, 0.3) is 0 Å². The SMILES string of the molecule is CCCNc1cccnc1S(=O)(=O)NCC(C)C(C)C. The molecule has 0 fully saturated rings. The van der Waals surface area contributed by atoms with Crippen molar-refractivity contribution in [3.63, 3.8) is 0 Å². The summed E-state index contributed by atoms with van der Waals surface area (Å²) in [5.41, 5.74) is 0.555. The summed E-state index contributed by atoms with van der Waals surface area (Å²) in [6, 6.07) is 3.47. The molecule has 0 saturated heterocycles. The normalized spacial score (nSPS) is 13.4. The molecule has 0 aliphatic heterocycles. The maximum absolute atomic E-state index is 12.3. The molecular formula is C14H25N3O2S. The molecule has 1 rings (SSSR count). The van der Waals surface area contributed by atoms with E-state index in [9.17, 15) is 8.42 Å². The fourth-order valence-corrected chi connectivity index (χ4v) is 2.79. The summed E-state index contributed by atoms with van der Waals surface area (Å²) in [4.78, 5) is 4.01. The molecule has 0 amide bonds. The van der Waals surface area contributed by atoms with E-state index in [4.69, 9.17) is 0 Å². The highest BCUT2D eigenvalue weighted by molar-refractivity contribution is 7.89. The van der Waals surface area contributed by atoms with E-state index in [-0.39, 0.29) is 10.9 Å². The molecule has 0 radical (unpaired) electrons. The molecule has 1 atom stereocenters. The first-order chi connectivity index (χ1) is 9.38. The second-order valence-corrected chi connectivity index (χ2v) is 7.04. The molecule has 0 spiro atoms. The number of anilines is 1. The van der Waals surface area contributed by atoms with E-state index < -0.39 is 10.0 Å². The van der Waals surface area contributed by atoms with Gasteiger partial charge in [0.05, 0.1) is 5.69 Å². The third kappa shape index (κ3) is 4.76. The number of aromatic nitrogens is 1. The Labute approximate surface area is 122 Å². The van der Waals surface area contributed by atoms with E-state index in [1.807, 2.05) is 13.8 Å². The number of nitrogens with zero attached hydrogens (tertiary/aromatic N) is 1. The molecule has 1 heterocycles. The number of pyridine rings is 1. The van der Waals surface area contributed by atoms with Gasteiger partial charge in [-0.2, -0.15) is 0 Å². The highest BCUT2D eigenvalue weighted by Gasteiger charge is 2.21. The molecule has 0 aliphatic rings. The third-order valence-corrected chi connectivity index (χ3v) is 4.71. The topological polar surface area (TPSA) is 71.1 Å². The summed E-state index contributed by atoms with van der Waals surface area (Å²) in [7, 11) is -3.57. The number of hydrogen-bond donors (Lipinski definition) is 2. The average Bonchev–Trinajstić information content (AvgIpc) is 2.42. The minimum absolute atomic E-state index is 0.0735. The van der Waals surface area contributed by atoms with Gasteiger partial charge in [0.1, 0.15) is 0 Å². The Morgan fingerprint density at radius 1 is 1.30 bits per heavy atom. The molecule has 1 aromatic rings. The van der Waals surface area contributed by atoms with Crippen molar-refractivity contribution in [3.05, 3.63) is 18.3 Å². The lowest BCUT2D eigenvalue weighted by Crippen LogP contribution is -2.31. The van der Waals surface area contributed by atoms with Crippen molar-refractivity contribution < 1.29 is 8.42 Å². The summed E-state index contributed by atoms with van der Waals surface area (Å²) < 4.78 is 27.3. The van der Waals surface area contributed by atoms with Crippen LogP contribution in [-0.2, 0) is 10.0 Å². The van der Waals surface area contributed by atoms with Gasteiger partial charge in [0, 0.05) is 19.3 Å². The Morgan fingerprint density at radius 2 is 2.00 bits per heavy atom. The Balaban J connectivity index is 2.86. The van der Waals surface area contributed by atoms with E-state index in [0.29, 0.717) is 18.2 Å². The first kappa shape index (κ1) is 16.9. The van der Waals surface area contributed by atoms with Crippen molar-refractivity contribution in [2.45, 2.75) is 39.1 Å². The first-order valence-corrected chi connectivity index (χ1v) is 8.55. The number of nitrogens with one attached hydrogen (secondary N) is 2. The molecule has 5 nitrogen and oxygen atoms in total. The highest BCUT2D eigenvalue weighted by Crippen LogP contribution is 2.18. The van der Waals surface area contributed by atoms with Crippen LogP contribution in [0.5, 0.6) is 0 Å². The van der Waals surface area contributed by atoms with Crippen LogP contribution in [-0.4, -0.2) is 26.5 Å². The van der Waals surface area contributed by atoms with E-state index in [2.05, 4.69) is 28.9 Å². The van der Waals surface area contributed by atoms with E-state index in [1.54, 1.807) is 12.1 Å². The van der Waals surface area contributed by atoms with Crippen LogP contribution in [0.1, 0.15) is 34.1 Å². The molecule has 0 aliphatic carbocycles. The van der Waals surface area contributed by atoms with Gasteiger partial charge >= 0.3 is 0 Å². The lowest BCUT2D eigenvalue weighted by molar-refractivity contribution is 0.414. The zero-order chi connectivity index (χ0) is 15.2. The van der Waals surface area contributed by atoms with Crippen molar-refractivity contribution in [2.75, 3.05) is 18.4 Å². The van der Waals surface area contributed by atoms with Crippen LogP contribution >= 0.6 is 0 Å². The number of rotatable bonds is 8. The smallest absolute Gasteiger partial charge is 0.260 e. The van der Waals surface area contributed by atoms with Crippen LogP contribution in [0, 0.1) is 11.8 Å². The molecule has 1 aromatic heterocycles. The number of sulfonamides is 1. The zero-order valence-corrected chi connectivity index (χ0v) is 13.5. The zero-order valence-electron chi connectivity index (χ0n) is 12.7. The molecular weight excluding hydrogens is 274 g/mol. The Morgan fingerprint density at radius 3 is 2.60 bits per heavy atom. The fraction of sp³-hybridized carbons (Fsp3) is 0.643. The monoisotopic (exact) mass is 299 g/mol. The van der Waals surface area contributed by atoms with E-state index in [1.165, 1.54) is 6.20 Å². The highest BCUT2D eigenvalue weighted by atomic mass is 32.2. The summed E-state index contributed by atoms with van der Waals surface area (Å²) in [5, 5.41) is 3.17. The molecule has 114 valence electrons. The van der Waals surface area contributed by atoms with Gasteiger partial charge in [-0.1, -0.05) is 27.7 Å². The Bertz CT molecular complexity index is 515. The van der Waals surface area contributed by atoms with E-state index in [0.717, 1.165) is 13.0 Å². The maximum Gasteiger partial charge on any atom is 0.260 e. The fourth-order valence-electron chi connectivity index (χ4n) is 1.54. The van der Waals surface area contributed by atoms with Gasteiger partial charge in [-0.05, 0) is 30.4 Å². The molecule has 1 unspecified atom stereocenters.